The molecule has 0 aliphatic rings. The summed E-state index contributed by atoms with van der Waals surface area (Å²) in [7, 11) is -3.66. The summed E-state index contributed by atoms with van der Waals surface area (Å²) in [4.78, 5) is 0. The smallest absolute Gasteiger partial charge is 0.236 e. The molecule has 3 rings (SSSR count). The Labute approximate surface area is 157 Å². The van der Waals surface area contributed by atoms with E-state index in [1.54, 1.807) is 36.4 Å². The van der Waals surface area contributed by atoms with Gasteiger partial charge in [-0.15, -0.1) is 0 Å². The lowest BCUT2D eigenvalue weighted by Crippen LogP contribution is -2.21. The molecule has 0 aliphatic heterocycles. The van der Waals surface area contributed by atoms with Crippen LogP contribution in [0.1, 0.15) is 0 Å². The number of para-hydroxylation sites is 3. The largest absolute Gasteiger partial charge is 0.492 e. The van der Waals surface area contributed by atoms with Crippen LogP contribution in [0.3, 0.4) is 0 Å². The average Bonchev–Trinajstić information content (AvgIpc) is 2.65. The molecule has 0 radical (unpaired) electrons. The highest BCUT2D eigenvalue weighted by atomic mass is 32.2. The summed E-state index contributed by atoms with van der Waals surface area (Å²) in [6, 6.07) is 21.2. The van der Waals surface area contributed by atoms with Crippen molar-refractivity contribution in [1.29, 1.82) is 0 Å². The van der Waals surface area contributed by atoms with Crippen LogP contribution in [0.2, 0.25) is 0 Å². The van der Waals surface area contributed by atoms with Gasteiger partial charge < -0.3 is 9.47 Å². The summed E-state index contributed by atoms with van der Waals surface area (Å²) in [5.74, 6) is 0.755. The van der Waals surface area contributed by atoms with E-state index in [2.05, 4.69) is 4.72 Å². The van der Waals surface area contributed by atoms with Gasteiger partial charge in [-0.25, -0.2) is 12.8 Å². The quantitative estimate of drug-likeness (QED) is 0.621. The Hall–Kier alpha value is -3.06. The van der Waals surface area contributed by atoms with Gasteiger partial charge >= 0.3 is 0 Å². The van der Waals surface area contributed by atoms with Gasteiger partial charge in [0.05, 0.1) is 5.69 Å². The highest BCUT2D eigenvalue weighted by molar-refractivity contribution is 7.92. The summed E-state index contributed by atoms with van der Waals surface area (Å²) in [5.41, 5.74) is 0.336. The molecule has 0 aliphatic carbocycles. The predicted octanol–water partition coefficient (Wildman–Crippen LogP) is 4.44. The van der Waals surface area contributed by atoms with Crippen molar-refractivity contribution >= 4 is 15.7 Å². The fraction of sp³-hybridized carbons (Fsp3) is 0.100. The van der Waals surface area contributed by atoms with Crippen molar-refractivity contribution in [1.82, 2.24) is 0 Å². The number of benzene rings is 3. The first kappa shape index (κ1) is 18.7. The summed E-state index contributed by atoms with van der Waals surface area (Å²) < 4.78 is 51.1. The van der Waals surface area contributed by atoms with Gasteiger partial charge in [0, 0.05) is 0 Å². The lowest BCUT2D eigenvalue weighted by molar-refractivity contribution is 0.340. The second kappa shape index (κ2) is 8.55. The molecule has 0 aromatic heterocycles. The van der Waals surface area contributed by atoms with Crippen molar-refractivity contribution in [2.45, 2.75) is 0 Å². The van der Waals surface area contributed by atoms with Crippen LogP contribution in [0.25, 0.3) is 0 Å². The van der Waals surface area contributed by atoms with Crippen LogP contribution < -0.4 is 14.2 Å². The van der Waals surface area contributed by atoms with Crippen LogP contribution >= 0.6 is 0 Å². The van der Waals surface area contributed by atoms with Crippen molar-refractivity contribution < 1.29 is 22.3 Å². The molecule has 0 unspecified atom stereocenters. The molecule has 3 aromatic carbocycles. The molecule has 27 heavy (non-hydrogen) atoms. The zero-order valence-electron chi connectivity index (χ0n) is 14.3. The summed E-state index contributed by atoms with van der Waals surface area (Å²) in [6.07, 6.45) is 0. The second-order valence-corrected chi connectivity index (χ2v) is 7.48. The van der Waals surface area contributed by atoms with E-state index in [4.69, 9.17) is 9.47 Å². The number of halogens is 1. The van der Waals surface area contributed by atoms with Gasteiger partial charge in [-0.1, -0.05) is 30.3 Å². The highest BCUT2D eigenvalue weighted by Gasteiger charge is 2.14. The third-order valence-corrected chi connectivity index (χ3v) is 4.79. The minimum Gasteiger partial charge on any atom is -0.492 e. The fourth-order valence-electron chi connectivity index (χ4n) is 2.27. The minimum absolute atomic E-state index is 0.0668. The van der Waals surface area contributed by atoms with Gasteiger partial charge in [0.1, 0.15) is 29.7 Å². The highest BCUT2D eigenvalue weighted by Crippen LogP contribution is 2.29. The maximum Gasteiger partial charge on any atom is 0.236 e. The Morgan fingerprint density at radius 1 is 0.815 bits per heavy atom. The van der Waals surface area contributed by atoms with Gasteiger partial charge in [-0.05, 0) is 48.5 Å². The number of hydrogen-bond donors (Lipinski definition) is 1. The van der Waals surface area contributed by atoms with Gasteiger partial charge in [0.25, 0.3) is 0 Å². The van der Waals surface area contributed by atoms with Crippen molar-refractivity contribution in [3.8, 4) is 17.2 Å². The van der Waals surface area contributed by atoms with E-state index < -0.39 is 10.0 Å². The van der Waals surface area contributed by atoms with Crippen LogP contribution in [-0.4, -0.2) is 20.8 Å². The molecule has 3 aromatic rings. The molecule has 0 fully saturated rings. The molecule has 140 valence electrons. The van der Waals surface area contributed by atoms with E-state index in [0.717, 1.165) is 0 Å². The van der Waals surface area contributed by atoms with E-state index in [1.807, 2.05) is 18.2 Å². The first-order valence-electron chi connectivity index (χ1n) is 8.23. The average molecular weight is 387 g/mol. The Kier molecular flexibility index (Phi) is 5.93. The maximum absolute atomic E-state index is 12.9. The zero-order valence-corrected chi connectivity index (χ0v) is 15.2. The van der Waals surface area contributed by atoms with Gasteiger partial charge in [-0.3, -0.25) is 4.72 Å². The molecule has 0 heterocycles. The third-order valence-electron chi connectivity index (χ3n) is 3.56. The molecule has 0 saturated carbocycles. The number of nitrogens with one attached hydrogen (secondary N) is 1. The molecular formula is C20H18FNO4S. The SMILES string of the molecule is O=S(=O)(CCOc1ccc(F)cc1)Nc1ccccc1Oc1ccccc1. The van der Waals surface area contributed by atoms with E-state index in [9.17, 15) is 12.8 Å². The monoisotopic (exact) mass is 387 g/mol. The van der Waals surface area contributed by atoms with E-state index >= 15 is 0 Å². The van der Waals surface area contributed by atoms with Crippen LogP contribution in [-0.2, 0) is 10.0 Å². The number of sulfonamides is 1. The second-order valence-electron chi connectivity index (χ2n) is 5.63. The number of hydrogen-bond acceptors (Lipinski definition) is 4. The Morgan fingerprint density at radius 3 is 2.22 bits per heavy atom. The van der Waals surface area contributed by atoms with Gasteiger partial charge in [0.2, 0.25) is 10.0 Å². The van der Waals surface area contributed by atoms with Crippen LogP contribution in [0.15, 0.2) is 78.9 Å². The predicted molar refractivity (Wildman–Crippen MR) is 102 cm³/mol. The van der Waals surface area contributed by atoms with Gasteiger partial charge in [0.15, 0.2) is 5.75 Å². The molecule has 0 bridgehead atoms. The lowest BCUT2D eigenvalue weighted by atomic mass is 10.3. The first-order valence-corrected chi connectivity index (χ1v) is 9.88. The molecule has 0 saturated heterocycles. The fourth-order valence-corrected chi connectivity index (χ4v) is 3.18. The molecule has 1 N–H and O–H groups in total. The van der Waals surface area contributed by atoms with Gasteiger partial charge in [-0.2, -0.15) is 0 Å². The zero-order chi connectivity index (χ0) is 19.1. The van der Waals surface area contributed by atoms with Crippen molar-refractivity contribution in [2.75, 3.05) is 17.1 Å². The van der Waals surface area contributed by atoms with Crippen molar-refractivity contribution in [2.24, 2.45) is 0 Å². The number of rotatable bonds is 8. The summed E-state index contributed by atoms with van der Waals surface area (Å²) >= 11 is 0. The van der Waals surface area contributed by atoms with E-state index in [1.165, 1.54) is 24.3 Å². The molecule has 0 amide bonds. The van der Waals surface area contributed by atoms with Crippen LogP contribution in [0.4, 0.5) is 10.1 Å². The Morgan fingerprint density at radius 2 is 1.48 bits per heavy atom. The Balaban J connectivity index is 1.62. The van der Waals surface area contributed by atoms with Crippen LogP contribution in [0.5, 0.6) is 17.2 Å². The molecule has 0 atom stereocenters. The van der Waals surface area contributed by atoms with Crippen molar-refractivity contribution in [3.05, 3.63) is 84.7 Å². The topological polar surface area (TPSA) is 64.6 Å². The summed E-state index contributed by atoms with van der Waals surface area (Å²) in [6.45, 7) is -0.0668. The first-order chi connectivity index (χ1) is 13.0. The standard InChI is InChI=1S/C20H18FNO4S/c21-16-10-12-17(13-11-16)25-14-15-27(23,24)22-19-8-4-5-9-20(19)26-18-6-2-1-3-7-18/h1-13,22H,14-15H2. The van der Waals surface area contributed by atoms with E-state index in [0.29, 0.717) is 22.9 Å². The lowest BCUT2D eigenvalue weighted by Gasteiger charge is -2.13. The minimum atomic E-state index is -3.66. The van der Waals surface area contributed by atoms with E-state index in [-0.39, 0.29) is 18.2 Å². The number of anilines is 1. The molecule has 5 nitrogen and oxygen atoms in total. The third kappa shape index (κ3) is 5.72. The molecule has 0 spiro atoms. The molecule has 7 heteroatoms. The molecular weight excluding hydrogens is 369 g/mol. The number of ether oxygens (including phenoxy) is 2. The summed E-state index contributed by atoms with van der Waals surface area (Å²) in [5, 5.41) is 0. The normalized spacial score (nSPS) is 11.0. The van der Waals surface area contributed by atoms with Crippen LogP contribution in [0, 0.1) is 5.82 Å². The van der Waals surface area contributed by atoms with Crippen molar-refractivity contribution in [3.63, 3.8) is 0 Å². The maximum atomic E-state index is 12.9. The Bertz CT molecular complexity index is 976.